The average molecular weight is 554 g/mol. The van der Waals surface area contributed by atoms with Gasteiger partial charge < -0.3 is 19.9 Å². The zero-order valence-electron chi connectivity index (χ0n) is 23.1. The monoisotopic (exact) mass is 553 g/mol. The molecule has 0 aliphatic heterocycles. The number of aromatic hydroxyl groups is 1. The van der Waals surface area contributed by atoms with Crippen LogP contribution in [0.3, 0.4) is 0 Å². The first-order chi connectivity index (χ1) is 19.9. The number of phenolic OH excluding ortho intramolecular Hbond substituents is 1. The van der Waals surface area contributed by atoms with Gasteiger partial charge in [0.05, 0.1) is 18.9 Å². The molecule has 8 heteroatoms. The van der Waals surface area contributed by atoms with Gasteiger partial charge in [-0.1, -0.05) is 24.3 Å². The van der Waals surface area contributed by atoms with Crippen molar-refractivity contribution in [2.75, 3.05) is 19.0 Å². The number of phenols is 1. The molecule has 3 N–H and O–H groups in total. The van der Waals surface area contributed by atoms with Gasteiger partial charge in [0.25, 0.3) is 11.8 Å². The summed E-state index contributed by atoms with van der Waals surface area (Å²) < 4.78 is 11.2. The lowest BCUT2D eigenvalue weighted by molar-refractivity contribution is -0.118. The van der Waals surface area contributed by atoms with Crippen molar-refractivity contribution in [3.63, 3.8) is 0 Å². The third-order valence-corrected chi connectivity index (χ3v) is 8.89. The second kappa shape index (κ2) is 11.3. The first-order valence-corrected chi connectivity index (χ1v) is 14.2. The summed E-state index contributed by atoms with van der Waals surface area (Å²) in [6.07, 6.45) is 9.67. The molecule has 0 atom stereocenters. The molecule has 0 heterocycles. The number of nitrogens with zero attached hydrogens (tertiary/aromatic N) is 1. The summed E-state index contributed by atoms with van der Waals surface area (Å²) in [5.74, 6) is 2.61. The van der Waals surface area contributed by atoms with E-state index in [0.29, 0.717) is 22.5 Å². The number of nitrogens with one attached hydrogen (secondary N) is 2. The van der Waals surface area contributed by atoms with Crippen molar-refractivity contribution >= 4 is 23.7 Å². The van der Waals surface area contributed by atoms with Gasteiger partial charge in [-0.25, -0.2) is 5.43 Å². The number of anilines is 1. The van der Waals surface area contributed by atoms with Crippen molar-refractivity contribution in [1.82, 2.24) is 5.43 Å². The van der Waals surface area contributed by atoms with E-state index in [4.69, 9.17) is 9.47 Å². The van der Waals surface area contributed by atoms with Crippen LogP contribution in [0.2, 0.25) is 0 Å². The van der Waals surface area contributed by atoms with Crippen LogP contribution in [0, 0.1) is 17.8 Å². The van der Waals surface area contributed by atoms with Crippen molar-refractivity contribution in [2.45, 2.75) is 43.9 Å². The summed E-state index contributed by atoms with van der Waals surface area (Å²) in [4.78, 5) is 24.8. The number of amides is 2. The van der Waals surface area contributed by atoms with E-state index in [1.165, 1.54) is 69.5 Å². The van der Waals surface area contributed by atoms with Gasteiger partial charge in [0.15, 0.2) is 18.1 Å². The fraction of sp³-hybridized carbons (Fsp3) is 0.364. The van der Waals surface area contributed by atoms with Gasteiger partial charge in [0.2, 0.25) is 0 Å². The number of hydrogen-bond donors (Lipinski definition) is 3. The minimum Gasteiger partial charge on any atom is -0.507 e. The van der Waals surface area contributed by atoms with Crippen LogP contribution in [-0.4, -0.2) is 36.9 Å². The first-order valence-electron chi connectivity index (χ1n) is 14.2. The minimum atomic E-state index is -0.528. The summed E-state index contributed by atoms with van der Waals surface area (Å²) in [6.45, 7) is -0.169. The Morgan fingerprint density at radius 2 is 1.63 bits per heavy atom. The first kappa shape index (κ1) is 26.9. The SMILES string of the molecule is COc1cc(/C=N/NC(=O)c2ccccc2O)ccc1OCC(=O)Nc1ccc(C23CC4CC(CC(C4)C2)C3)cc1. The number of methoxy groups -OCH3 is 1. The molecule has 4 fully saturated rings. The molecule has 0 aromatic heterocycles. The number of rotatable bonds is 9. The van der Waals surface area contributed by atoms with Gasteiger partial charge in [-0.15, -0.1) is 0 Å². The smallest absolute Gasteiger partial charge is 0.275 e. The molecule has 4 bridgehead atoms. The third-order valence-electron chi connectivity index (χ3n) is 8.89. The molecular formula is C33H35N3O5. The Labute approximate surface area is 239 Å². The third kappa shape index (κ3) is 5.78. The molecule has 4 aliphatic rings. The van der Waals surface area contributed by atoms with Crippen molar-refractivity contribution < 1.29 is 24.2 Å². The van der Waals surface area contributed by atoms with Crippen LogP contribution in [0.1, 0.15) is 60.0 Å². The predicted octanol–water partition coefficient (Wildman–Crippen LogP) is 5.65. The highest BCUT2D eigenvalue weighted by Crippen LogP contribution is 2.60. The summed E-state index contributed by atoms with van der Waals surface area (Å²) in [6, 6.07) is 19.8. The Hall–Kier alpha value is -4.33. The van der Waals surface area contributed by atoms with Crippen LogP contribution in [0.5, 0.6) is 17.2 Å². The number of carbonyl (C=O) groups excluding carboxylic acids is 2. The minimum absolute atomic E-state index is 0.123. The van der Waals surface area contributed by atoms with E-state index < -0.39 is 5.91 Å². The molecule has 3 aromatic rings. The molecule has 212 valence electrons. The summed E-state index contributed by atoms with van der Waals surface area (Å²) in [5, 5.41) is 16.7. The van der Waals surface area contributed by atoms with Gasteiger partial charge in [0.1, 0.15) is 5.75 Å². The maximum Gasteiger partial charge on any atom is 0.275 e. The van der Waals surface area contributed by atoms with Gasteiger partial charge in [-0.3, -0.25) is 9.59 Å². The normalized spacial score (nSPS) is 24.3. The fourth-order valence-electron chi connectivity index (χ4n) is 7.49. The van der Waals surface area contributed by atoms with Crippen LogP contribution in [0.25, 0.3) is 0 Å². The average Bonchev–Trinajstić information content (AvgIpc) is 2.96. The number of carbonyl (C=O) groups is 2. The topological polar surface area (TPSA) is 109 Å². The van der Waals surface area contributed by atoms with Crippen LogP contribution in [0.4, 0.5) is 5.69 Å². The molecule has 4 aliphatic carbocycles. The van der Waals surface area contributed by atoms with E-state index in [0.717, 1.165) is 23.4 Å². The Balaban J connectivity index is 1.02. The Morgan fingerprint density at radius 3 is 2.29 bits per heavy atom. The zero-order chi connectivity index (χ0) is 28.4. The summed E-state index contributed by atoms with van der Waals surface area (Å²) >= 11 is 0. The van der Waals surface area contributed by atoms with Crippen LogP contribution < -0.4 is 20.2 Å². The lowest BCUT2D eigenvalue weighted by Gasteiger charge is -2.57. The number of hydrogen-bond acceptors (Lipinski definition) is 6. The molecule has 0 unspecified atom stereocenters. The van der Waals surface area contributed by atoms with Crippen molar-refractivity contribution in [3.8, 4) is 17.2 Å². The van der Waals surface area contributed by atoms with Crippen molar-refractivity contribution in [3.05, 3.63) is 83.4 Å². The standard InChI is InChI=1S/C33H35N3O5/c1-40-30-15-21(19-34-36-32(39)27-4-2-3-5-28(27)37)6-11-29(30)41-20-31(38)35-26-9-7-25(8-10-26)33-16-22-12-23(17-33)14-24(13-22)18-33/h2-11,15,19,22-24,37H,12-14,16-18,20H2,1H3,(H,35,38)(H,36,39)/b34-19+. The van der Waals surface area contributed by atoms with E-state index in [-0.39, 0.29) is 23.8 Å². The Morgan fingerprint density at radius 1 is 0.951 bits per heavy atom. The number of ether oxygens (including phenoxy) is 2. The molecule has 8 nitrogen and oxygen atoms in total. The summed E-state index contributed by atoms with van der Waals surface area (Å²) in [7, 11) is 1.51. The van der Waals surface area contributed by atoms with Gasteiger partial charge >= 0.3 is 0 Å². The second-order valence-corrected chi connectivity index (χ2v) is 11.7. The molecule has 2 amide bonds. The highest BCUT2D eigenvalue weighted by molar-refractivity contribution is 5.97. The van der Waals surface area contributed by atoms with Gasteiger partial charge in [-0.05, 0) is 115 Å². The van der Waals surface area contributed by atoms with Crippen LogP contribution in [-0.2, 0) is 10.2 Å². The molecule has 7 rings (SSSR count). The van der Waals surface area contributed by atoms with Gasteiger partial charge in [0, 0.05) is 5.69 Å². The van der Waals surface area contributed by atoms with E-state index in [1.807, 2.05) is 12.1 Å². The largest absolute Gasteiger partial charge is 0.507 e. The van der Waals surface area contributed by atoms with Crippen LogP contribution in [0.15, 0.2) is 71.8 Å². The Kier molecular flexibility index (Phi) is 7.39. The quantitative estimate of drug-likeness (QED) is 0.234. The van der Waals surface area contributed by atoms with E-state index in [9.17, 15) is 14.7 Å². The number of hydrazone groups is 1. The maximum atomic E-state index is 12.6. The van der Waals surface area contributed by atoms with Gasteiger partial charge in [-0.2, -0.15) is 5.10 Å². The summed E-state index contributed by atoms with van der Waals surface area (Å²) in [5.41, 5.74) is 5.69. The zero-order valence-corrected chi connectivity index (χ0v) is 23.1. The second-order valence-electron chi connectivity index (χ2n) is 11.7. The lowest BCUT2D eigenvalue weighted by atomic mass is 9.48. The predicted molar refractivity (Wildman–Crippen MR) is 157 cm³/mol. The number of para-hydroxylation sites is 1. The van der Waals surface area contributed by atoms with E-state index in [1.54, 1.807) is 30.3 Å². The number of benzene rings is 3. The van der Waals surface area contributed by atoms with Crippen molar-refractivity contribution in [2.24, 2.45) is 22.9 Å². The molecule has 0 saturated heterocycles. The molecular weight excluding hydrogens is 518 g/mol. The Bertz CT molecular complexity index is 1430. The molecule has 4 saturated carbocycles. The van der Waals surface area contributed by atoms with E-state index in [2.05, 4.69) is 28.0 Å². The molecule has 0 radical (unpaired) electrons. The van der Waals surface area contributed by atoms with E-state index >= 15 is 0 Å². The molecule has 0 spiro atoms. The molecule has 3 aromatic carbocycles. The van der Waals surface area contributed by atoms with Crippen molar-refractivity contribution in [1.29, 1.82) is 0 Å². The fourth-order valence-corrected chi connectivity index (χ4v) is 7.49. The molecule has 41 heavy (non-hydrogen) atoms. The maximum absolute atomic E-state index is 12.6. The lowest BCUT2D eigenvalue weighted by Crippen LogP contribution is -2.48. The van der Waals surface area contributed by atoms with Crippen LogP contribution >= 0.6 is 0 Å². The highest BCUT2D eigenvalue weighted by atomic mass is 16.5. The highest BCUT2D eigenvalue weighted by Gasteiger charge is 2.51.